The van der Waals surface area contributed by atoms with Crippen molar-refractivity contribution in [1.29, 1.82) is 0 Å². The van der Waals surface area contributed by atoms with Gasteiger partial charge in [-0.25, -0.2) is 0 Å². The van der Waals surface area contributed by atoms with Crippen LogP contribution in [0.15, 0.2) is 0 Å². The van der Waals surface area contributed by atoms with E-state index >= 15 is 0 Å². The van der Waals surface area contributed by atoms with Crippen LogP contribution in [0.2, 0.25) is 0 Å². The van der Waals surface area contributed by atoms with Gasteiger partial charge < -0.3 is 20.6 Å². The van der Waals surface area contributed by atoms with Crippen molar-refractivity contribution in [1.82, 2.24) is 0 Å². The molecule has 0 aliphatic rings. The summed E-state index contributed by atoms with van der Waals surface area (Å²) < 4.78 is 10.6. The Morgan fingerprint density at radius 2 is 2.00 bits per heavy atom. The minimum absolute atomic E-state index is 0.195. The molecule has 0 rings (SSSR count). The van der Waals surface area contributed by atoms with Gasteiger partial charge in [0.1, 0.15) is 0 Å². The number of hydrogen-bond donors (Lipinski definition) is 4. The van der Waals surface area contributed by atoms with Gasteiger partial charge >= 0.3 is 7.60 Å². The lowest BCUT2D eigenvalue weighted by atomic mass is 10.2. The summed E-state index contributed by atoms with van der Waals surface area (Å²) in [6.45, 7) is 1.45. The van der Waals surface area contributed by atoms with Crippen LogP contribution in [-0.4, -0.2) is 33.2 Å². The summed E-state index contributed by atoms with van der Waals surface area (Å²) in [6.07, 6.45) is -0.715. The topological polar surface area (TPSA) is 104 Å². The van der Waals surface area contributed by atoms with Gasteiger partial charge in [-0.1, -0.05) is 6.92 Å². The molecule has 0 saturated heterocycles. The fourth-order valence-corrected chi connectivity index (χ4v) is 1.72. The quantitative estimate of drug-likeness (QED) is 0.430. The molecule has 0 aromatic carbocycles. The number of nitrogens with two attached hydrogens (primary N) is 1. The molecule has 68 valence electrons. The van der Waals surface area contributed by atoms with Crippen LogP contribution < -0.4 is 5.73 Å². The zero-order valence-corrected chi connectivity index (χ0v) is 7.24. The molecule has 0 aromatic rings. The first-order chi connectivity index (χ1) is 4.93. The Morgan fingerprint density at radius 3 is 2.09 bits per heavy atom. The Balaban J connectivity index is 4.29. The lowest BCUT2D eigenvalue weighted by molar-refractivity contribution is 0.154. The van der Waals surface area contributed by atoms with Crippen molar-refractivity contribution < 1.29 is 19.5 Å². The average molecular weight is 183 g/mol. The zero-order chi connectivity index (χ0) is 9.07. The third kappa shape index (κ3) is 3.31. The Bertz CT molecular complexity index is 157. The summed E-state index contributed by atoms with van der Waals surface area (Å²) in [7, 11) is -4.22. The van der Waals surface area contributed by atoms with Gasteiger partial charge in [-0.05, 0) is 6.42 Å². The van der Waals surface area contributed by atoms with Gasteiger partial charge in [0, 0.05) is 6.54 Å². The van der Waals surface area contributed by atoms with E-state index in [4.69, 9.17) is 20.6 Å². The highest BCUT2D eigenvalue weighted by Crippen LogP contribution is 2.42. The zero-order valence-electron chi connectivity index (χ0n) is 6.34. The number of aliphatic hydroxyl groups is 1. The molecule has 0 heterocycles. The molecule has 6 heteroatoms. The predicted octanol–water partition coefficient (Wildman–Crippen LogP) is -0.738. The second-order valence-electron chi connectivity index (χ2n) is 2.37. The van der Waals surface area contributed by atoms with Crippen molar-refractivity contribution in [3.8, 4) is 0 Å². The Labute approximate surface area is 65.4 Å². The minimum atomic E-state index is -4.22. The molecule has 5 nitrogen and oxygen atoms in total. The molecule has 2 atom stereocenters. The van der Waals surface area contributed by atoms with Crippen LogP contribution in [0.1, 0.15) is 13.3 Å². The minimum Gasteiger partial charge on any atom is -0.392 e. The van der Waals surface area contributed by atoms with Crippen molar-refractivity contribution in [3.63, 3.8) is 0 Å². The second kappa shape index (κ2) is 4.18. The fraction of sp³-hybridized carbons (Fsp3) is 1.00. The smallest absolute Gasteiger partial charge is 0.332 e. The Hall–Kier alpha value is 0.0700. The van der Waals surface area contributed by atoms with Crippen molar-refractivity contribution in [2.24, 2.45) is 5.73 Å². The van der Waals surface area contributed by atoms with Gasteiger partial charge in [-0.15, -0.1) is 0 Å². The van der Waals surface area contributed by atoms with E-state index in [9.17, 15) is 4.57 Å². The first kappa shape index (κ1) is 11.1. The van der Waals surface area contributed by atoms with E-state index in [-0.39, 0.29) is 6.54 Å². The highest BCUT2D eigenvalue weighted by atomic mass is 31.2. The lowest BCUT2D eigenvalue weighted by Gasteiger charge is -2.20. The van der Waals surface area contributed by atoms with Crippen molar-refractivity contribution in [3.05, 3.63) is 0 Å². The largest absolute Gasteiger partial charge is 0.392 e. The fourth-order valence-electron chi connectivity index (χ4n) is 0.791. The van der Waals surface area contributed by atoms with Gasteiger partial charge in [-0.3, -0.25) is 4.57 Å². The van der Waals surface area contributed by atoms with E-state index < -0.39 is 19.4 Å². The molecular formula is C5H14NO4P. The highest BCUT2D eigenvalue weighted by Gasteiger charge is 2.32. The lowest BCUT2D eigenvalue weighted by Crippen LogP contribution is -2.32. The molecule has 2 unspecified atom stereocenters. The van der Waals surface area contributed by atoms with Crippen LogP contribution in [-0.2, 0) is 4.57 Å². The average Bonchev–Trinajstić information content (AvgIpc) is 1.86. The van der Waals surface area contributed by atoms with E-state index in [1.807, 2.05) is 0 Å². The predicted molar refractivity (Wildman–Crippen MR) is 41.2 cm³/mol. The molecule has 11 heavy (non-hydrogen) atoms. The molecular weight excluding hydrogens is 169 g/mol. The standard InChI is InChI=1S/C5H14NO4P/c1-2-4(7)5(3-6)11(8,9)10/h4-5,7H,2-3,6H2,1H3,(H2,8,9,10). The molecule has 0 bridgehead atoms. The summed E-state index contributed by atoms with van der Waals surface area (Å²) >= 11 is 0. The molecule has 0 aliphatic carbocycles. The maximum atomic E-state index is 10.6. The van der Waals surface area contributed by atoms with Crippen LogP contribution in [0.3, 0.4) is 0 Å². The van der Waals surface area contributed by atoms with Crippen LogP contribution in [0.5, 0.6) is 0 Å². The number of aliphatic hydroxyl groups excluding tert-OH is 1. The molecule has 0 saturated carbocycles. The molecule has 0 fully saturated rings. The molecule has 0 aliphatic heterocycles. The SMILES string of the molecule is CCC(O)C(CN)P(=O)(O)O. The summed E-state index contributed by atoms with van der Waals surface area (Å²) in [6, 6.07) is 0. The first-order valence-corrected chi connectivity index (χ1v) is 5.05. The summed E-state index contributed by atoms with van der Waals surface area (Å²) in [5, 5.41) is 9.08. The summed E-state index contributed by atoms with van der Waals surface area (Å²) in [4.78, 5) is 17.3. The number of rotatable bonds is 4. The maximum Gasteiger partial charge on any atom is 0.332 e. The maximum absolute atomic E-state index is 10.6. The van der Waals surface area contributed by atoms with Crippen molar-refractivity contribution in [2.75, 3.05) is 6.54 Å². The van der Waals surface area contributed by atoms with E-state index in [2.05, 4.69) is 0 Å². The molecule has 0 aromatic heterocycles. The number of hydrogen-bond acceptors (Lipinski definition) is 3. The summed E-state index contributed by atoms with van der Waals surface area (Å²) in [5.41, 5.74) is 3.97. The van der Waals surface area contributed by atoms with E-state index in [1.54, 1.807) is 6.92 Å². The van der Waals surface area contributed by atoms with E-state index in [0.29, 0.717) is 6.42 Å². The highest BCUT2D eigenvalue weighted by molar-refractivity contribution is 7.52. The molecule has 5 N–H and O–H groups in total. The molecule has 0 radical (unpaired) electrons. The molecule has 0 amide bonds. The van der Waals surface area contributed by atoms with Crippen molar-refractivity contribution in [2.45, 2.75) is 25.1 Å². The third-order valence-corrected chi connectivity index (χ3v) is 2.95. The summed E-state index contributed by atoms with van der Waals surface area (Å²) in [5.74, 6) is 0. The normalized spacial score (nSPS) is 17.9. The van der Waals surface area contributed by atoms with Gasteiger partial charge in [0.25, 0.3) is 0 Å². The first-order valence-electron chi connectivity index (χ1n) is 3.36. The second-order valence-corrected chi connectivity index (χ2v) is 4.21. The van der Waals surface area contributed by atoms with Crippen molar-refractivity contribution >= 4 is 7.60 Å². The van der Waals surface area contributed by atoms with Crippen LogP contribution in [0.4, 0.5) is 0 Å². The third-order valence-electron chi connectivity index (χ3n) is 1.54. The van der Waals surface area contributed by atoms with Gasteiger partial charge in [0.05, 0.1) is 11.8 Å². The van der Waals surface area contributed by atoms with E-state index in [0.717, 1.165) is 0 Å². The van der Waals surface area contributed by atoms with Gasteiger partial charge in [-0.2, -0.15) is 0 Å². The Kier molecular flexibility index (Phi) is 4.21. The van der Waals surface area contributed by atoms with Crippen LogP contribution >= 0.6 is 7.60 Å². The van der Waals surface area contributed by atoms with Crippen LogP contribution in [0, 0.1) is 0 Å². The van der Waals surface area contributed by atoms with Gasteiger partial charge in [0.2, 0.25) is 0 Å². The molecule has 0 spiro atoms. The van der Waals surface area contributed by atoms with Gasteiger partial charge in [0.15, 0.2) is 0 Å². The van der Waals surface area contributed by atoms with E-state index in [1.165, 1.54) is 0 Å². The Morgan fingerprint density at radius 1 is 1.55 bits per heavy atom. The monoisotopic (exact) mass is 183 g/mol. The van der Waals surface area contributed by atoms with Crippen LogP contribution in [0.25, 0.3) is 0 Å².